The second-order valence-electron chi connectivity index (χ2n) is 3.15. The summed E-state index contributed by atoms with van der Waals surface area (Å²) >= 11 is 0. The van der Waals surface area contributed by atoms with Gasteiger partial charge in [0.05, 0.1) is 5.69 Å². The van der Waals surface area contributed by atoms with Crippen LogP contribution in [0.5, 0.6) is 0 Å². The molecule has 0 saturated carbocycles. The van der Waals surface area contributed by atoms with Crippen molar-refractivity contribution < 1.29 is 4.42 Å². The maximum absolute atomic E-state index is 5.39. The normalized spacial score (nSPS) is 24.2. The van der Waals surface area contributed by atoms with Gasteiger partial charge in [0.25, 0.3) is 6.01 Å². The van der Waals surface area contributed by atoms with Crippen LogP contribution in [0.3, 0.4) is 0 Å². The first kappa shape index (κ1) is 7.61. The number of aromatic nitrogens is 1. The van der Waals surface area contributed by atoms with Crippen LogP contribution in [0.25, 0.3) is 0 Å². The smallest absolute Gasteiger partial charge is 0.292 e. The van der Waals surface area contributed by atoms with Crippen molar-refractivity contribution in [1.82, 2.24) is 10.3 Å². The molecule has 0 radical (unpaired) electrons. The molecular formula is C8H13N3O. The van der Waals surface area contributed by atoms with Crippen LogP contribution in [0.2, 0.25) is 0 Å². The lowest BCUT2D eigenvalue weighted by atomic mass is 9.97. The fourth-order valence-corrected chi connectivity index (χ4v) is 1.59. The molecule has 12 heavy (non-hydrogen) atoms. The molecular weight excluding hydrogens is 154 g/mol. The van der Waals surface area contributed by atoms with Crippen molar-refractivity contribution in [2.75, 3.05) is 18.8 Å². The molecule has 4 nitrogen and oxygen atoms in total. The van der Waals surface area contributed by atoms with E-state index in [9.17, 15) is 0 Å². The highest BCUT2D eigenvalue weighted by molar-refractivity contribution is 5.16. The Hall–Kier alpha value is -1.03. The van der Waals surface area contributed by atoms with E-state index in [2.05, 4.69) is 10.3 Å². The van der Waals surface area contributed by atoms with Crippen LogP contribution in [0, 0.1) is 0 Å². The van der Waals surface area contributed by atoms with Crippen molar-refractivity contribution in [1.29, 1.82) is 0 Å². The maximum atomic E-state index is 5.39. The van der Waals surface area contributed by atoms with Crippen LogP contribution in [-0.4, -0.2) is 18.1 Å². The van der Waals surface area contributed by atoms with E-state index in [1.54, 1.807) is 6.26 Å². The zero-order valence-corrected chi connectivity index (χ0v) is 6.92. The summed E-state index contributed by atoms with van der Waals surface area (Å²) in [5.41, 5.74) is 6.37. The molecule has 0 amide bonds. The van der Waals surface area contributed by atoms with Gasteiger partial charge >= 0.3 is 0 Å². The number of anilines is 1. The average Bonchev–Trinajstić information content (AvgIpc) is 2.54. The van der Waals surface area contributed by atoms with Gasteiger partial charge < -0.3 is 15.5 Å². The van der Waals surface area contributed by atoms with Gasteiger partial charge in [-0.15, -0.1) is 0 Å². The quantitative estimate of drug-likeness (QED) is 0.647. The summed E-state index contributed by atoms with van der Waals surface area (Å²) in [6, 6.07) is 0.274. The molecule has 2 heterocycles. The first-order valence-corrected chi connectivity index (χ1v) is 4.28. The highest BCUT2D eigenvalue weighted by atomic mass is 16.4. The molecule has 0 aromatic carbocycles. The Balaban J connectivity index is 2.08. The summed E-state index contributed by atoms with van der Waals surface area (Å²) in [7, 11) is 0. The van der Waals surface area contributed by atoms with Gasteiger partial charge in [-0.05, 0) is 19.4 Å². The van der Waals surface area contributed by atoms with Crippen molar-refractivity contribution in [3.63, 3.8) is 0 Å². The van der Waals surface area contributed by atoms with Crippen molar-refractivity contribution in [2.45, 2.75) is 18.8 Å². The zero-order valence-electron chi connectivity index (χ0n) is 6.92. The molecule has 2 rings (SSSR count). The summed E-state index contributed by atoms with van der Waals surface area (Å²) in [6.07, 6.45) is 4.05. The third-order valence-corrected chi connectivity index (χ3v) is 2.25. The van der Waals surface area contributed by atoms with E-state index >= 15 is 0 Å². The van der Waals surface area contributed by atoms with Gasteiger partial charge in [-0.3, -0.25) is 0 Å². The summed E-state index contributed by atoms with van der Waals surface area (Å²) in [5.74, 6) is 0.486. The largest absolute Gasteiger partial charge is 0.432 e. The van der Waals surface area contributed by atoms with Crippen molar-refractivity contribution in [2.24, 2.45) is 0 Å². The molecule has 3 N–H and O–H groups in total. The Morgan fingerprint density at radius 3 is 3.17 bits per heavy atom. The predicted molar refractivity (Wildman–Crippen MR) is 45.8 cm³/mol. The molecule has 1 aromatic heterocycles. The predicted octanol–water partition coefficient (Wildman–Crippen LogP) is 0.724. The molecule has 1 aromatic rings. The fraction of sp³-hybridized carbons (Fsp3) is 0.625. The van der Waals surface area contributed by atoms with E-state index in [0.717, 1.165) is 18.8 Å². The Bertz CT molecular complexity index is 253. The van der Waals surface area contributed by atoms with E-state index in [-0.39, 0.29) is 6.01 Å². The molecule has 4 heteroatoms. The van der Waals surface area contributed by atoms with Crippen LogP contribution in [0.4, 0.5) is 6.01 Å². The molecule has 1 saturated heterocycles. The highest BCUT2D eigenvalue weighted by Gasteiger charge is 2.17. The minimum Gasteiger partial charge on any atom is -0.432 e. The maximum Gasteiger partial charge on any atom is 0.292 e. The van der Waals surface area contributed by atoms with Crippen LogP contribution >= 0.6 is 0 Å². The second-order valence-corrected chi connectivity index (χ2v) is 3.15. The van der Waals surface area contributed by atoms with Gasteiger partial charge in [-0.1, -0.05) is 0 Å². The van der Waals surface area contributed by atoms with E-state index in [1.807, 2.05) is 0 Å². The molecule has 66 valence electrons. The average molecular weight is 167 g/mol. The van der Waals surface area contributed by atoms with Crippen molar-refractivity contribution >= 4 is 6.01 Å². The standard InChI is InChI=1S/C8H13N3O/c9-8-11-7(5-12-8)6-2-1-3-10-4-6/h5-6,10H,1-4H2,(H2,9,11). The number of nitrogens with one attached hydrogen (secondary N) is 1. The van der Waals surface area contributed by atoms with Crippen LogP contribution in [0.1, 0.15) is 24.5 Å². The van der Waals surface area contributed by atoms with Gasteiger partial charge in [0, 0.05) is 12.5 Å². The number of rotatable bonds is 1. The lowest BCUT2D eigenvalue weighted by Gasteiger charge is -2.20. The minimum atomic E-state index is 0.274. The molecule has 1 aliphatic rings. The first-order valence-electron chi connectivity index (χ1n) is 4.28. The summed E-state index contributed by atoms with van der Waals surface area (Å²) in [5, 5.41) is 3.32. The number of hydrogen-bond acceptors (Lipinski definition) is 4. The van der Waals surface area contributed by atoms with Crippen LogP contribution < -0.4 is 11.1 Å². The molecule has 0 aliphatic carbocycles. The molecule has 1 unspecified atom stereocenters. The molecule has 1 atom stereocenters. The first-order chi connectivity index (χ1) is 5.86. The number of piperidine rings is 1. The summed E-state index contributed by atoms with van der Waals surface area (Å²) < 4.78 is 4.96. The lowest BCUT2D eigenvalue weighted by Crippen LogP contribution is -2.28. The van der Waals surface area contributed by atoms with Crippen molar-refractivity contribution in [3.05, 3.63) is 12.0 Å². The number of nitrogens with zero attached hydrogens (tertiary/aromatic N) is 1. The van der Waals surface area contributed by atoms with Gasteiger partial charge in [0.15, 0.2) is 0 Å². The Morgan fingerprint density at radius 1 is 1.67 bits per heavy atom. The second kappa shape index (κ2) is 3.15. The molecule has 1 aliphatic heterocycles. The van der Waals surface area contributed by atoms with E-state index < -0.39 is 0 Å². The topological polar surface area (TPSA) is 64.1 Å². The SMILES string of the molecule is Nc1nc(C2CCCNC2)co1. The van der Waals surface area contributed by atoms with E-state index in [0.29, 0.717) is 5.92 Å². The van der Waals surface area contributed by atoms with Crippen molar-refractivity contribution in [3.8, 4) is 0 Å². The van der Waals surface area contributed by atoms with E-state index in [4.69, 9.17) is 10.2 Å². The Morgan fingerprint density at radius 2 is 2.58 bits per heavy atom. The van der Waals surface area contributed by atoms with E-state index in [1.165, 1.54) is 12.8 Å². The molecule has 1 fully saturated rings. The monoisotopic (exact) mass is 167 g/mol. The van der Waals surface area contributed by atoms with Gasteiger partial charge in [-0.25, -0.2) is 0 Å². The zero-order chi connectivity index (χ0) is 8.39. The third kappa shape index (κ3) is 1.43. The third-order valence-electron chi connectivity index (χ3n) is 2.25. The fourth-order valence-electron chi connectivity index (χ4n) is 1.59. The Kier molecular flexibility index (Phi) is 1.99. The van der Waals surface area contributed by atoms with Gasteiger partial charge in [0.1, 0.15) is 6.26 Å². The molecule has 0 bridgehead atoms. The summed E-state index contributed by atoms with van der Waals surface area (Å²) in [4.78, 5) is 4.11. The van der Waals surface area contributed by atoms with Crippen LogP contribution in [-0.2, 0) is 0 Å². The van der Waals surface area contributed by atoms with Crippen LogP contribution in [0.15, 0.2) is 10.7 Å². The Labute approximate surface area is 71.2 Å². The highest BCUT2D eigenvalue weighted by Crippen LogP contribution is 2.22. The molecule has 0 spiro atoms. The van der Waals surface area contributed by atoms with Gasteiger partial charge in [-0.2, -0.15) is 4.98 Å². The number of nitrogens with two attached hydrogens (primary N) is 1. The number of hydrogen-bond donors (Lipinski definition) is 2. The summed E-state index contributed by atoms with van der Waals surface area (Å²) in [6.45, 7) is 2.11. The number of oxazole rings is 1. The minimum absolute atomic E-state index is 0.274. The number of nitrogen functional groups attached to an aromatic ring is 1. The lowest BCUT2D eigenvalue weighted by molar-refractivity contribution is 0.453. The van der Waals surface area contributed by atoms with Gasteiger partial charge in [0.2, 0.25) is 0 Å².